The molecule has 0 saturated heterocycles. The van der Waals surface area contributed by atoms with Crippen molar-refractivity contribution in [2.45, 2.75) is 13.0 Å². The van der Waals surface area contributed by atoms with Crippen LogP contribution in [0.5, 0.6) is 0 Å². The third-order valence-electron chi connectivity index (χ3n) is 4.05. The van der Waals surface area contributed by atoms with Gasteiger partial charge in [0.2, 0.25) is 0 Å². The molecule has 0 aliphatic carbocycles. The summed E-state index contributed by atoms with van der Waals surface area (Å²) < 4.78 is 26.5. The highest BCUT2D eigenvalue weighted by molar-refractivity contribution is 5.98. The summed E-state index contributed by atoms with van der Waals surface area (Å²) in [5.74, 6) is -2.21. The smallest absolute Gasteiger partial charge is 0.323 e. The first-order valence-electron chi connectivity index (χ1n) is 7.08. The van der Waals surface area contributed by atoms with Crippen LogP contribution in [0.15, 0.2) is 23.0 Å². The van der Waals surface area contributed by atoms with Gasteiger partial charge in [-0.2, -0.15) is 0 Å². The van der Waals surface area contributed by atoms with Gasteiger partial charge in [0.25, 0.3) is 5.91 Å². The Morgan fingerprint density at radius 2 is 1.78 bits per heavy atom. The first-order chi connectivity index (χ1) is 11.0. The summed E-state index contributed by atoms with van der Waals surface area (Å²) >= 11 is 0. The van der Waals surface area contributed by atoms with E-state index >= 15 is 0 Å². The fraction of sp³-hybridized carbons (Fsp3) is 0.200. The second-order valence-corrected chi connectivity index (χ2v) is 5.55. The Labute approximate surface area is 128 Å². The van der Waals surface area contributed by atoms with E-state index in [1.807, 2.05) is 0 Å². The van der Waals surface area contributed by atoms with Crippen LogP contribution < -0.4 is 5.69 Å². The highest BCUT2D eigenvalue weighted by Crippen LogP contribution is 2.22. The maximum atomic E-state index is 13.3. The number of nitrogens with zero attached hydrogens (tertiary/aromatic N) is 1. The third-order valence-corrected chi connectivity index (χ3v) is 4.05. The van der Waals surface area contributed by atoms with Crippen LogP contribution >= 0.6 is 0 Å². The van der Waals surface area contributed by atoms with Gasteiger partial charge in [-0.1, -0.05) is 0 Å². The van der Waals surface area contributed by atoms with Crippen molar-refractivity contribution < 1.29 is 13.6 Å². The summed E-state index contributed by atoms with van der Waals surface area (Å²) in [7, 11) is 0. The third kappa shape index (κ3) is 2.23. The number of hydrogen-bond acceptors (Lipinski definition) is 2. The van der Waals surface area contributed by atoms with Crippen LogP contribution in [0.3, 0.4) is 0 Å². The van der Waals surface area contributed by atoms with E-state index in [2.05, 4.69) is 15.0 Å². The highest BCUT2D eigenvalue weighted by atomic mass is 19.2. The first-order valence-corrected chi connectivity index (χ1v) is 7.08. The maximum absolute atomic E-state index is 13.3. The Balaban J connectivity index is 1.66. The molecule has 0 atom stereocenters. The molecular formula is C15H12F2N4O2. The second-order valence-electron chi connectivity index (χ2n) is 5.55. The Bertz CT molecular complexity index is 946. The van der Waals surface area contributed by atoms with Gasteiger partial charge in [0.15, 0.2) is 11.6 Å². The Morgan fingerprint density at radius 1 is 1.04 bits per heavy atom. The fourth-order valence-corrected chi connectivity index (χ4v) is 2.91. The van der Waals surface area contributed by atoms with Gasteiger partial charge in [-0.3, -0.25) is 4.79 Å². The van der Waals surface area contributed by atoms with E-state index < -0.39 is 11.6 Å². The lowest BCUT2D eigenvalue weighted by Gasteiger charge is -2.25. The molecule has 1 aromatic carbocycles. The number of carbonyl (C=O) groups excluding carboxylic acids is 1. The van der Waals surface area contributed by atoms with Crippen molar-refractivity contribution in [2.24, 2.45) is 0 Å². The summed E-state index contributed by atoms with van der Waals surface area (Å²) in [6.07, 6.45) is 0.545. The molecule has 0 unspecified atom stereocenters. The largest absolute Gasteiger partial charge is 0.350 e. The van der Waals surface area contributed by atoms with Crippen molar-refractivity contribution in [1.29, 1.82) is 0 Å². The number of benzene rings is 1. The quantitative estimate of drug-likeness (QED) is 0.637. The molecule has 3 heterocycles. The van der Waals surface area contributed by atoms with Gasteiger partial charge in [0, 0.05) is 35.6 Å². The minimum Gasteiger partial charge on any atom is -0.350 e. The zero-order chi connectivity index (χ0) is 16.1. The zero-order valence-corrected chi connectivity index (χ0v) is 11.9. The number of fused-ring (bicyclic) bond motifs is 2. The number of amides is 1. The lowest BCUT2D eigenvalue weighted by Crippen LogP contribution is -2.36. The van der Waals surface area contributed by atoms with Crippen LogP contribution in [0.4, 0.5) is 8.78 Å². The second kappa shape index (κ2) is 4.80. The van der Waals surface area contributed by atoms with Crippen LogP contribution in [0.2, 0.25) is 0 Å². The molecular weight excluding hydrogens is 306 g/mol. The first kappa shape index (κ1) is 13.7. The van der Waals surface area contributed by atoms with Crippen molar-refractivity contribution in [1.82, 2.24) is 19.9 Å². The monoisotopic (exact) mass is 318 g/mol. The topological polar surface area (TPSA) is 84.8 Å². The number of H-pyrrole nitrogens is 3. The van der Waals surface area contributed by atoms with Crippen molar-refractivity contribution >= 4 is 16.8 Å². The predicted octanol–water partition coefficient (Wildman–Crippen LogP) is 1.66. The molecule has 0 bridgehead atoms. The summed E-state index contributed by atoms with van der Waals surface area (Å²) in [5, 5.41) is 0.431. The number of nitrogens with one attached hydrogen (secondary N) is 3. The zero-order valence-electron chi connectivity index (χ0n) is 11.9. The fourth-order valence-electron chi connectivity index (χ4n) is 2.91. The molecule has 1 aliphatic heterocycles. The minimum atomic E-state index is -0.967. The molecule has 1 aliphatic rings. The Kier molecular flexibility index (Phi) is 2.87. The van der Waals surface area contributed by atoms with Crippen molar-refractivity contribution in [3.05, 3.63) is 57.4 Å². The van der Waals surface area contributed by atoms with Crippen molar-refractivity contribution in [3.63, 3.8) is 0 Å². The molecule has 23 heavy (non-hydrogen) atoms. The molecule has 8 heteroatoms. The van der Waals surface area contributed by atoms with Gasteiger partial charge in [-0.25, -0.2) is 13.6 Å². The standard InChI is InChI=1S/C15H12F2N4O2/c16-8-3-7-4-12(18-11(7)5-9(8)17)14(22)21-2-1-10-13(6-21)20-15(23)19-10/h3-5,18H,1-2,6H2,(H2,19,20,23). The van der Waals surface area contributed by atoms with E-state index in [-0.39, 0.29) is 23.8 Å². The van der Waals surface area contributed by atoms with Crippen molar-refractivity contribution in [3.8, 4) is 0 Å². The van der Waals surface area contributed by atoms with E-state index in [4.69, 9.17) is 0 Å². The van der Waals surface area contributed by atoms with E-state index in [0.29, 0.717) is 29.6 Å². The average Bonchev–Trinajstić information content (AvgIpc) is 3.08. The van der Waals surface area contributed by atoms with Gasteiger partial charge in [0.05, 0.1) is 12.2 Å². The molecule has 0 saturated carbocycles. The number of hydrogen-bond donors (Lipinski definition) is 3. The lowest BCUT2D eigenvalue weighted by molar-refractivity contribution is 0.0727. The van der Waals surface area contributed by atoms with Crippen LogP contribution in [-0.4, -0.2) is 32.3 Å². The van der Waals surface area contributed by atoms with Crippen LogP contribution in [0, 0.1) is 11.6 Å². The van der Waals surface area contributed by atoms with Crippen LogP contribution in [0.25, 0.3) is 10.9 Å². The Hall–Kier alpha value is -2.90. The van der Waals surface area contributed by atoms with Gasteiger partial charge in [-0.05, 0) is 12.1 Å². The minimum absolute atomic E-state index is 0.256. The molecule has 118 valence electrons. The van der Waals surface area contributed by atoms with Gasteiger partial charge < -0.3 is 19.9 Å². The predicted molar refractivity (Wildman–Crippen MR) is 78.1 cm³/mol. The summed E-state index contributed by atoms with van der Waals surface area (Å²) in [6, 6.07) is 3.57. The summed E-state index contributed by atoms with van der Waals surface area (Å²) in [4.78, 5) is 33.6. The van der Waals surface area contributed by atoms with E-state index in [1.165, 1.54) is 6.07 Å². The molecule has 3 aromatic rings. The molecule has 0 radical (unpaired) electrons. The lowest BCUT2D eigenvalue weighted by atomic mass is 10.1. The number of aromatic nitrogens is 3. The molecule has 4 rings (SSSR count). The van der Waals surface area contributed by atoms with Gasteiger partial charge in [-0.15, -0.1) is 0 Å². The molecule has 1 amide bonds. The van der Waals surface area contributed by atoms with Gasteiger partial charge >= 0.3 is 5.69 Å². The average molecular weight is 318 g/mol. The highest BCUT2D eigenvalue weighted by Gasteiger charge is 2.24. The number of aromatic amines is 3. The molecule has 2 aromatic heterocycles. The van der Waals surface area contributed by atoms with Crippen molar-refractivity contribution in [2.75, 3.05) is 6.54 Å². The van der Waals surface area contributed by atoms with E-state index in [1.54, 1.807) is 4.90 Å². The van der Waals surface area contributed by atoms with Crippen LogP contribution in [-0.2, 0) is 13.0 Å². The molecule has 0 fully saturated rings. The summed E-state index contributed by atoms with van der Waals surface area (Å²) in [5.41, 5.74) is 1.81. The maximum Gasteiger partial charge on any atom is 0.323 e. The summed E-state index contributed by atoms with van der Waals surface area (Å²) in [6.45, 7) is 0.739. The Morgan fingerprint density at radius 3 is 2.61 bits per heavy atom. The molecule has 0 spiro atoms. The van der Waals surface area contributed by atoms with E-state index in [9.17, 15) is 18.4 Å². The number of carbonyl (C=O) groups is 1. The van der Waals surface area contributed by atoms with Crippen LogP contribution in [0.1, 0.15) is 21.9 Å². The molecule has 3 N–H and O–H groups in total. The van der Waals surface area contributed by atoms with E-state index in [0.717, 1.165) is 17.8 Å². The SMILES string of the molecule is O=C(c1cc2cc(F)c(F)cc2[nH]1)N1CCc2[nH]c(=O)[nH]c2C1. The molecule has 6 nitrogen and oxygen atoms in total. The number of halogens is 2. The number of imidazole rings is 1. The van der Waals surface area contributed by atoms with Gasteiger partial charge in [0.1, 0.15) is 5.69 Å². The number of rotatable bonds is 1. The normalized spacial score (nSPS) is 14.3.